The average molecular weight is 331 g/mol. The summed E-state index contributed by atoms with van der Waals surface area (Å²) in [6, 6.07) is 10.6. The molecule has 0 bridgehead atoms. The molecule has 2 aromatic rings. The smallest absolute Gasteiger partial charge is 0.292 e. The van der Waals surface area contributed by atoms with Crippen molar-refractivity contribution in [3.05, 3.63) is 63.7 Å². The largest absolute Gasteiger partial charge is 0.497 e. The number of aliphatic hydroxyl groups excluding tert-OH is 1. The Balaban J connectivity index is 2.04. The Hall–Kier alpha value is -3.13. The van der Waals surface area contributed by atoms with Gasteiger partial charge in [-0.3, -0.25) is 14.9 Å². The van der Waals surface area contributed by atoms with Crippen molar-refractivity contribution in [3.63, 3.8) is 0 Å². The van der Waals surface area contributed by atoms with Gasteiger partial charge in [0.2, 0.25) is 0 Å². The zero-order chi connectivity index (χ0) is 17.7. The number of hydrogen-bond acceptors (Lipinski definition) is 6. The third-order valence-electron chi connectivity index (χ3n) is 3.42. The van der Waals surface area contributed by atoms with Crippen LogP contribution in [0.5, 0.6) is 5.75 Å². The Kier molecular flexibility index (Phi) is 5.33. The highest BCUT2D eigenvalue weighted by Gasteiger charge is 2.17. The van der Waals surface area contributed by atoms with E-state index < -0.39 is 16.9 Å². The number of nitrogens with one attached hydrogen (secondary N) is 1. The molecular formula is C16H17N3O5. The number of carbonyl (C=O) groups is 1. The van der Waals surface area contributed by atoms with Crippen LogP contribution in [0, 0.1) is 10.1 Å². The molecule has 0 spiro atoms. The molecule has 2 rings (SSSR count). The summed E-state index contributed by atoms with van der Waals surface area (Å²) in [7, 11) is 1.52. The van der Waals surface area contributed by atoms with E-state index in [1.165, 1.54) is 19.2 Å². The summed E-state index contributed by atoms with van der Waals surface area (Å²) in [6.45, 7) is -0.0514. The number of rotatable bonds is 6. The molecule has 2 aromatic carbocycles. The molecule has 1 unspecified atom stereocenters. The van der Waals surface area contributed by atoms with E-state index in [2.05, 4.69) is 5.32 Å². The van der Waals surface area contributed by atoms with Gasteiger partial charge < -0.3 is 20.9 Å². The second-order valence-electron chi connectivity index (χ2n) is 5.03. The Bertz CT molecular complexity index is 763. The first kappa shape index (κ1) is 17.2. The van der Waals surface area contributed by atoms with Crippen molar-refractivity contribution in [3.8, 4) is 5.75 Å². The number of aliphatic hydroxyl groups is 1. The first-order chi connectivity index (χ1) is 11.4. The maximum Gasteiger partial charge on any atom is 0.292 e. The maximum absolute atomic E-state index is 12.1. The number of anilines is 1. The van der Waals surface area contributed by atoms with Crippen LogP contribution in [-0.2, 0) is 0 Å². The van der Waals surface area contributed by atoms with Crippen LogP contribution in [0.25, 0.3) is 0 Å². The molecule has 0 fully saturated rings. The number of hydrogen-bond donors (Lipinski definition) is 3. The highest BCUT2D eigenvalue weighted by atomic mass is 16.6. The van der Waals surface area contributed by atoms with Crippen molar-refractivity contribution >= 4 is 17.3 Å². The first-order valence-electron chi connectivity index (χ1n) is 7.06. The van der Waals surface area contributed by atoms with Crippen molar-refractivity contribution < 1.29 is 19.6 Å². The summed E-state index contributed by atoms with van der Waals surface area (Å²) >= 11 is 0. The number of nitro groups is 1. The summed E-state index contributed by atoms with van der Waals surface area (Å²) in [5, 5.41) is 23.5. The highest BCUT2D eigenvalue weighted by Crippen LogP contribution is 2.22. The van der Waals surface area contributed by atoms with Gasteiger partial charge in [0.1, 0.15) is 11.4 Å². The van der Waals surface area contributed by atoms with E-state index in [1.807, 2.05) is 0 Å². The summed E-state index contributed by atoms with van der Waals surface area (Å²) in [6.07, 6.45) is -0.937. The van der Waals surface area contributed by atoms with Gasteiger partial charge in [0.05, 0.1) is 18.1 Å². The third-order valence-corrected chi connectivity index (χ3v) is 3.42. The maximum atomic E-state index is 12.1. The molecule has 0 aliphatic heterocycles. The molecule has 8 nitrogen and oxygen atoms in total. The van der Waals surface area contributed by atoms with Crippen LogP contribution in [0.15, 0.2) is 42.5 Å². The molecule has 0 aliphatic carbocycles. The standard InChI is InChI=1S/C16H17N3O5/c1-24-12-4-2-3-10(7-12)15(20)9-18-16(21)11-5-6-13(17)14(8-11)19(22)23/h2-8,15,20H,9,17H2,1H3,(H,18,21). The van der Waals surface area contributed by atoms with Gasteiger partial charge >= 0.3 is 0 Å². The van der Waals surface area contributed by atoms with Gasteiger partial charge in [-0.25, -0.2) is 0 Å². The molecule has 4 N–H and O–H groups in total. The molecule has 0 heterocycles. The number of carbonyl (C=O) groups excluding carboxylic acids is 1. The number of ether oxygens (including phenoxy) is 1. The van der Waals surface area contributed by atoms with E-state index in [4.69, 9.17) is 10.5 Å². The minimum atomic E-state index is -0.937. The van der Waals surface area contributed by atoms with E-state index in [0.717, 1.165) is 6.07 Å². The monoisotopic (exact) mass is 331 g/mol. The summed E-state index contributed by atoms with van der Waals surface area (Å²) < 4.78 is 5.07. The Morgan fingerprint density at radius 3 is 2.79 bits per heavy atom. The molecule has 0 aliphatic rings. The second-order valence-corrected chi connectivity index (χ2v) is 5.03. The average Bonchev–Trinajstić information content (AvgIpc) is 2.59. The van der Waals surface area contributed by atoms with Gasteiger partial charge in [-0.2, -0.15) is 0 Å². The normalized spacial score (nSPS) is 11.6. The van der Waals surface area contributed by atoms with Crippen LogP contribution in [0.3, 0.4) is 0 Å². The Morgan fingerprint density at radius 2 is 2.12 bits per heavy atom. The lowest BCUT2D eigenvalue weighted by atomic mass is 10.1. The summed E-state index contributed by atoms with van der Waals surface area (Å²) in [4.78, 5) is 22.3. The SMILES string of the molecule is COc1cccc(C(O)CNC(=O)c2ccc(N)c([N+](=O)[O-])c2)c1. The lowest BCUT2D eigenvalue weighted by Gasteiger charge is -2.13. The van der Waals surface area contributed by atoms with Crippen LogP contribution in [0.2, 0.25) is 0 Å². The predicted molar refractivity (Wildman–Crippen MR) is 87.8 cm³/mol. The molecule has 126 valence electrons. The van der Waals surface area contributed by atoms with Crippen molar-refractivity contribution in [2.24, 2.45) is 0 Å². The summed E-state index contributed by atoms with van der Waals surface area (Å²) in [5.74, 6) is 0.0482. The van der Waals surface area contributed by atoms with Gasteiger partial charge in [0.15, 0.2) is 0 Å². The Morgan fingerprint density at radius 1 is 1.38 bits per heavy atom. The number of nitrogen functional groups attached to an aromatic ring is 1. The lowest BCUT2D eigenvalue weighted by Crippen LogP contribution is -2.28. The second kappa shape index (κ2) is 7.42. The molecule has 0 saturated carbocycles. The van der Waals surface area contributed by atoms with E-state index in [1.54, 1.807) is 24.3 Å². The van der Waals surface area contributed by atoms with Gasteiger partial charge in [-0.1, -0.05) is 12.1 Å². The van der Waals surface area contributed by atoms with Crippen molar-refractivity contribution in [1.29, 1.82) is 0 Å². The number of nitrogens with two attached hydrogens (primary N) is 1. The van der Waals surface area contributed by atoms with Crippen molar-refractivity contribution in [1.82, 2.24) is 5.32 Å². The fraction of sp³-hybridized carbons (Fsp3) is 0.188. The lowest BCUT2D eigenvalue weighted by molar-refractivity contribution is -0.383. The predicted octanol–water partition coefficient (Wildman–Crippen LogP) is 1.65. The fourth-order valence-corrected chi connectivity index (χ4v) is 2.10. The van der Waals surface area contributed by atoms with Crippen molar-refractivity contribution in [2.45, 2.75) is 6.10 Å². The molecule has 0 radical (unpaired) electrons. The van der Waals surface area contributed by atoms with Gasteiger partial charge in [0, 0.05) is 18.2 Å². The van der Waals surface area contributed by atoms with Gasteiger partial charge in [-0.15, -0.1) is 0 Å². The molecule has 8 heteroatoms. The summed E-state index contributed by atoms with van der Waals surface area (Å²) in [5.41, 5.74) is 5.81. The number of methoxy groups -OCH3 is 1. The minimum Gasteiger partial charge on any atom is -0.497 e. The fourth-order valence-electron chi connectivity index (χ4n) is 2.10. The number of nitro benzene ring substituents is 1. The van der Waals surface area contributed by atoms with Gasteiger partial charge in [-0.05, 0) is 29.8 Å². The first-order valence-corrected chi connectivity index (χ1v) is 7.06. The quantitative estimate of drug-likeness (QED) is 0.419. The highest BCUT2D eigenvalue weighted by molar-refractivity contribution is 5.95. The van der Waals surface area contributed by atoms with Crippen LogP contribution in [0.4, 0.5) is 11.4 Å². The topological polar surface area (TPSA) is 128 Å². The Labute approximate surface area is 138 Å². The van der Waals surface area contributed by atoms with E-state index in [9.17, 15) is 20.0 Å². The van der Waals surface area contributed by atoms with Crippen LogP contribution in [0.1, 0.15) is 22.0 Å². The molecule has 1 atom stereocenters. The minimum absolute atomic E-state index is 0.0204. The van der Waals surface area contributed by atoms with Gasteiger partial charge in [0.25, 0.3) is 11.6 Å². The molecule has 1 amide bonds. The van der Waals surface area contributed by atoms with Crippen molar-refractivity contribution in [2.75, 3.05) is 19.4 Å². The van der Waals surface area contributed by atoms with E-state index in [0.29, 0.717) is 11.3 Å². The molecule has 0 aromatic heterocycles. The number of nitrogens with zero attached hydrogens (tertiary/aromatic N) is 1. The van der Waals surface area contributed by atoms with Crippen LogP contribution < -0.4 is 15.8 Å². The van der Waals surface area contributed by atoms with E-state index in [-0.39, 0.29) is 23.5 Å². The zero-order valence-corrected chi connectivity index (χ0v) is 12.9. The third kappa shape index (κ3) is 3.99. The van der Waals surface area contributed by atoms with E-state index >= 15 is 0 Å². The molecule has 24 heavy (non-hydrogen) atoms. The number of amides is 1. The molecular weight excluding hydrogens is 314 g/mol. The zero-order valence-electron chi connectivity index (χ0n) is 12.9. The van der Waals surface area contributed by atoms with Crippen LogP contribution in [-0.4, -0.2) is 29.6 Å². The van der Waals surface area contributed by atoms with Crippen LogP contribution >= 0.6 is 0 Å². The number of benzene rings is 2. The molecule has 0 saturated heterocycles.